The van der Waals surface area contributed by atoms with E-state index < -0.39 is 12.1 Å². The van der Waals surface area contributed by atoms with Crippen LogP contribution in [-0.2, 0) is 9.53 Å². The van der Waals surface area contributed by atoms with Gasteiger partial charge in [0.25, 0.3) is 0 Å². The Morgan fingerprint density at radius 1 is 1.39 bits per heavy atom. The van der Waals surface area contributed by atoms with Crippen LogP contribution < -0.4 is 5.32 Å². The molecule has 2 rings (SSSR count). The molecule has 1 aromatic carbocycles. The molecule has 0 fully saturated rings. The second-order valence-electron chi connectivity index (χ2n) is 3.83. The summed E-state index contributed by atoms with van der Waals surface area (Å²) in [6, 6.07) is 11.5. The van der Waals surface area contributed by atoms with E-state index in [1.54, 1.807) is 0 Å². The molecule has 1 aromatic heterocycles. The van der Waals surface area contributed by atoms with Gasteiger partial charge in [0.05, 0.1) is 12.1 Å². The van der Waals surface area contributed by atoms with Crippen molar-refractivity contribution in [2.75, 3.05) is 19.0 Å². The number of anilines is 1. The van der Waals surface area contributed by atoms with Crippen molar-refractivity contribution in [1.29, 1.82) is 0 Å². The van der Waals surface area contributed by atoms with Crippen molar-refractivity contribution in [3.05, 3.63) is 36.4 Å². The first-order valence-electron chi connectivity index (χ1n) is 5.56. The number of pyridine rings is 1. The number of fused-ring (bicyclic) bond motifs is 1. The molecule has 1 unspecified atom stereocenters. The molecule has 0 radical (unpaired) electrons. The van der Waals surface area contributed by atoms with Crippen LogP contribution in [-0.4, -0.2) is 35.8 Å². The van der Waals surface area contributed by atoms with E-state index in [0.717, 1.165) is 10.9 Å². The summed E-state index contributed by atoms with van der Waals surface area (Å²) in [5.74, 6) is -0.359. The number of ether oxygens (including phenoxy) is 1. The highest BCUT2D eigenvalue weighted by molar-refractivity contribution is 5.80. The first-order chi connectivity index (χ1) is 8.70. The number of para-hydroxylation sites is 1. The zero-order valence-corrected chi connectivity index (χ0v) is 9.96. The summed E-state index contributed by atoms with van der Waals surface area (Å²) in [6.07, 6.45) is -0.877. The summed E-state index contributed by atoms with van der Waals surface area (Å²) >= 11 is 0. The molecule has 5 heteroatoms. The monoisotopic (exact) mass is 246 g/mol. The van der Waals surface area contributed by atoms with Crippen molar-refractivity contribution in [3.63, 3.8) is 0 Å². The number of hydrogen-bond donors (Lipinski definition) is 2. The van der Waals surface area contributed by atoms with Crippen molar-refractivity contribution < 1.29 is 14.6 Å². The lowest BCUT2D eigenvalue weighted by molar-refractivity contribution is -0.147. The van der Waals surface area contributed by atoms with E-state index in [-0.39, 0.29) is 6.54 Å². The highest BCUT2D eigenvalue weighted by atomic mass is 16.5. The summed E-state index contributed by atoms with van der Waals surface area (Å²) in [5.41, 5.74) is 0.867. The van der Waals surface area contributed by atoms with Gasteiger partial charge in [-0.2, -0.15) is 0 Å². The average Bonchev–Trinajstić information content (AvgIpc) is 2.39. The molecular weight excluding hydrogens is 232 g/mol. The first kappa shape index (κ1) is 12.3. The van der Waals surface area contributed by atoms with Crippen LogP contribution in [0.3, 0.4) is 0 Å². The first-order valence-corrected chi connectivity index (χ1v) is 5.56. The Labute approximate surface area is 104 Å². The topological polar surface area (TPSA) is 71.5 Å². The molecule has 0 aliphatic rings. The molecule has 1 heterocycles. The number of hydrogen-bond acceptors (Lipinski definition) is 4. The molecule has 94 valence electrons. The van der Waals surface area contributed by atoms with Crippen LogP contribution in [0.1, 0.15) is 0 Å². The molecule has 18 heavy (non-hydrogen) atoms. The van der Waals surface area contributed by atoms with E-state index >= 15 is 0 Å². The largest absolute Gasteiger partial charge is 0.479 e. The van der Waals surface area contributed by atoms with Crippen LogP contribution in [0.25, 0.3) is 10.9 Å². The molecule has 1 atom stereocenters. The third-order valence-corrected chi connectivity index (χ3v) is 2.63. The number of nitrogens with one attached hydrogen (secondary N) is 1. The molecule has 0 spiro atoms. The maximum Gasteiger partial charge on any atom is 0.334 e. The van der Waals surface area contributed by atoms with Gasteiger partial charge in [0.2, 0.25) is 0 Å². The number of carboxylic acid groups (broad SMARTS) is 1. The van der Waals surface area contributed by atoms with Crippen molar-refractivity contribution in [2.45, 2.75) is 6.10 Å². The van der Waals surface area contributed by atoms with Crippen LogP contribution >= 0.6 is 0 Å². The van der Waals surface area contributed by atoms with Crippen molar-refractivity contribution in [3.8, 4) is 0 Å². The maximum atomic E-state index is 10.8. The summed E-state index contributed by atoms with van der Waals surface area (Å²) in [5, 5.41) is 12.8. The van der Waals surface area contributed by atoms with Gasteiger partial charge in [0.1, 0.15) is 5.82 Å². The number of nitrogens with zero attached hydrogens (tertiary/aromatic N) is 1. The zero-order chi connectivity index (χ0) is 13.0. The molecule has 0 aliphatic heterocycles. The lowest BCUT2D eigenvalue weighted by Gasteiger charge is -2.12. The number of benzene rings is 1. The summed E-state index contributed by atoms with van der Waals surface area (Å²) < 4.78 is 4.83. The van der Waals surface area contributed by atoms with E-state index in [1.807, 2.05) is 36.4 Å². The Balaban J connectivity index is 2.10. The summed E-state index contributed by atoms with van der Waals surface area (Å²) in [7, 11) is 1.37. The average molecular weight is 246 g/mol. The Bertz CT molecular complexity index is 557. The normalized spacial score (nSPS) is 12.3. The van der Waals surface area contributed by atoms with Crippen molar-refractivity contribution >= 4 is 22.7 Å². The minimum absolute atomic E-state index is 0.178. The van der Waals surface area contributed by atoms with Gasteiger partial charge in [-0.15, -0.1) is 0 Å². The van der Waals surface area contributed by atoms with Gasteiger partial charge in [-0.1, -0.05) is 18.2 Å². The fourth-order valence-electron chi connectivity index (χ4n) is 1.63. The molecule has 5 nitrogen and oxygen atoms in total. The van der Waals surface area contributed by atoms with Crippen LogP contribution in [0.5, 0.6) is 0 Å². The molecule has 0 saturated carbocycles. The van der Waals surface area contributed by atoms with E-state index in [2.05, 4.69) is 10.3 Å². The van der Waals surface area contributed by atoms with Crippen molar-refractivity contribution in [1.82, 2.24) is 4.98 Å². The fraction of sp³-hybridized carbons (Fsp3) is 0.231. The third kappa shape index (κ3) is 2.75. The minimum atomic E-state index is -0.995. The highest BCUT2D eigenvalue weighted by Gasteiger charge is 2.15. The second kappa shape index (κ2) is 5.46. The smallest absolute Gasteiger partial charge is 0.334 e. The Kier molecular flexibility index (Phi) is 3.74. The molecular formula is C13H14N2O3. The summed E-state index contributed by atoms with van der Waals surface area (Å²) in [6.45, 7) is 0.178. The van der Waals surface area contributed by atoms with Gasteiger partial charge in [-0.25, -0.2) is 9.78 Å². The van der Waals surface area contributed by atoms with Crippen LogP contribution in [0.2, 0.25) is 0 Å². The second-order valence-corrected chi connectivity index (χ2v) is 3.83. The van der Waals surface area contributed by atoms with Gasteiger partial charge < -0.3 is 15.2 Å². The molecule has 2 aromatic rings. The van der Waals surface area contributed by atoms with Crippen molar-refractivity contribution in [2.24, 2.45) is 0 Å². The Morgan fingerprint density at radius 2 is 2.17 bits per heavy atom. The fourth-order valence-corrected chi connectivity index (χ4v) is 1.63. The number of carbonyl (C=O) groups is 1. The lowest BCUT2D eigenvalue weighted by Crippen LogP contribution is -2.30. The molecule has 0 amide bonds. The highest BCUT2D eigenvalue weighted by Crippen LogP contribution is 2.14. The maximum absolute atomic E-state index is 10.8. The molecule has 0 aliphatic carbocycles. The van der Waals surface area contributed by atoms with Gasteiger partial charge >= 0.3 is 5.97 Å². The standard InChI is InChI=1S/C13H14N2O3/c1-18-11(13(16)17)8-14-12-7-6-9-4-2-3-5-10(9)15-12/h2-7,11H,8H2,1H3,(H,14,15)(H,16,17). The van der Waals surface area contributed by atoms with Crippen LogP contribution in [0.15, 0.2) is 36.4 Å². The van der Waals surface area contributed by atoms with Gasteiger partial charge in [-0.05, 0) is 18.2 Å². The van der Waals surface area contributed by atoms with Gasteiger partial charge in [0.15, 0.2) is 6.10 Å². The van der Waals surface area contributed by atoms with Gasteiger partial charge in [0, 0.05) is 12.5 Å². The predicted molar refractivity (Wildman–Crippen MR) is 68.7 cm³/mol. The predicted octanol–water partition coefficient (Wildman–Crippen LogP) is 1.75. The minimum Gasteiger partial charge on any atom is -0.479 e. The van der Waals surface area contributed by atoms with Crippen LogP contribution in [0, 0.1) is 0 Å². The van der Waals surface area contributed by atoms with E-state index in [1.165, 1.54) is 7.11 Å². The van der Waals surface area contributed by atoms with E-state index in [4.69, 9.17) is 9.84 Å². The Morgan fingerprint density at radius 3 is 2.89 bits per heavy atom. The summed E-state index contributed by atoms with van der Waals surface area (Å²) in [4.78, 5) is 15.2. The quantitative estimate of drug-likeness (QED) is 0.841. The number of aliphatic carboxylic acids is 1. The SMILES string of the molecule is COC(CNc1ccc2ccccc2n1)C(=O)O. The van der Waals surface area contributed by atoms with E-state index in [0.29, 0.717) is 5.82 Å². The number of aromatic nitrogens is 1. The Hall–Kier alpha value is -2.14. The number of carboxylic acids is 1. The van der Waals surface area contributed by atoms with Crippen LogP contribution in [0.4, 0.5) is 5.82 Å². The third-order valence-electron chi connectivity index (χ3n) is 2.63. The zero-order valence-electron chi connectivity index (χ0n) is 9.96. The van der Waals surface area contributed by atoms with Gasteiger partial charge in [-0.3, -0.25) is 0 Å². The molecule has 0 bridgehead atoms. The number of methoxy groups -OCH3 is 1. The number of rotatable bonds is 5. The van der Waals surface area contributed by atoms with E-state index in [9.17, 15) is 4.79 Å². The molecule has 0 saturated heterocycles. The molecule has 2 N–H and O–H groups in total. The lowest BCUT2D eigenvalue weighted by atomic mass is 10.2.